The van der Waals surface area contributed by atoms with E-state index in [9.17, 15) is 9.18 Å². The van der Waals surface area contributed by atoms with Gasteiger partial charge in [-0.2, -0.15) is 0 Å². The molecule has 28 heavy (non-hydrogen) atoms. The van der Waals surface area contributed by atoms with Crippen LogP contribution in [0.1, 0.15) is 34.5 Å². The summed E-state index contributed by atoms with van der Waals surface area (Å²) in [6.45, 7) is 0. The van der Waals surface area contributed by atoms with Gasteiger partial charge in [0.15, 0.2) is 6.10 Å². The van der Waals surface area contributed by atoms with Crippen LogP contribution < -0.4 is 5.32 Å². The fourth-order valence-electron chi connectivity index (χ4n) is 2.97. The molecule has 2 heterocycles. The minimum Gasteiger partial charge on any atom is -0.439 e. The smallest absolute Gasteiger partial charge is 0.408 e. The van der Waals surface area contributed by atoms with Gasteiger partial charge in [-0.25, -0.2) is 9.18 Å². The Bertz CT molecular complexity index is 1090. The Morgan fingerprint density at radius 3 is 2.54 bits per heavy atom. The minimum atomic E-state index is -0.600. The number of cyclic esters (lactones) is 1. The lowest BCUT2D eigenvalue weighted by atomic mass is 9.99. The maximum absolute atomic E-state index is 13.2. The zero-order valence-electron chi connectivity index (χ0n) is 14.5. The van der Waals surface area contributed by atoms with Crippen LogP contribution in [0.25, 0.3) is 0 Å². The van der Waals surface area contributed by atoms with Crippen LogP contribution in [-0.4, -0.2) is 11.1 Å². The van der Waals surface area contributed by atoms with Crippen molar-refractivity contribution >= 4 is 17.7 Å². The largest absolute Gasteiger partial charge is 0.439 e. The maximum Gasteiger partial charge on any atom is 0.408 e. The van der Waals surface area contributed by atoms with Crippen molar-refractivity contribution in [3.8, 4) is 11.8 Å². The van der Waals surface area contributed by atoms with Crippen LogP contribution in [0.4, 0.5) is 9.18 Å². The van der Waals surface area contributed by atoms with Gasteiger partial charge in [0, 0.05) is 22.3 Å². The van der Waals surface area contributed by atoms with Crippen molar-refractivity contribution in [1.29, 1.82) is 0 Å². The summed E-state index contributed by atoms with van der Waals surface area (Å²) in [4.78, 5) is 16.2. The van der Waals surface area contributed by atoms with Gasteiger partial charge < -0.3 is 10.1 Å². The molecule has 6 heteroatoms. The van der Waals surface area contributed by atoms with Crippen LogP contribution in [0, 0.1) is 17.7 Å². The van der Waals surface area contributed by atoms with Crippen molar-refractivity contribution < 1.29 is 13.9 Å². The molecule has 0 aliphatic carbocycles. The Morgan fingerprint density at radius 2 is 1.79 bits per heavy atom. The third kappa shape index (κ3) is 3.98. The van der Waals surface area contributed by atoms with E-state index in [2.05, 4.69) is 22.1 Å². The molecular weight excluding hydrogens is 379 g/mol. The average molecular weight is 393 g/mol. The van der Waals surface area contributed by atoms with Crippen molar-refractivity contribution in [2.45, 2.75) is 12.1 Å². The average Bonchev–Trinajstić information content (AvgIpc) is 3.09. The molecule has 4 nitrogen and oxygen atoms in total. The van der Waals surface area contributed by atoms with E-state index in [4.69, 9.17) is 16.3 Å². The molecular formula is C22H14ClFN2O2. The van der Waals surface area contributed by atoms with Crippen molar-refractivity contribution in [2.75, 3.05) is 0 Å². The Kier molecular flexibility index (Phi) is 4.96. The summed E-state index contributed by atoms with van der Waals surface area (Å²) in [7, 11) is 0. The second kappa shape index (κ2) is 7.71. The second-order valence-electron chi connectivity index (χ2n) is 6.23. The molecule has 1 N–H and O–H groups in total. The molecule has 1 aliphatic rings. The summed E-state index contributed by atoms with van der Waals surface area (Å²) in [5, 5.41) is 3.38. The molecule has 0 saturated carbocycles. The third-order valence-electron chi connectivity index (χ3n) is 4.28. The Hall–Kier alpha value is -3.36. The number of alkyl carbamates (subject to hydrolysis) is 1. The van der Waals surface area contributed by atoms with E-state index in [0.717, 1.165) is 11.1 Å². The van der Waals surface area contributed by atoms with Crippen LogP contribution in [0.5, 0.6) is 0 Å². The molecule has 0 unspecified atom stereocenters. The van der Waals surface area contributed by atoms with Crippen LogP contribution in [0.15, 0.2) is 66.9 Å². The predicted octanol–water partition coefficient (Wildman–Crippen LogP) is 4.80. The highest BCUT2D eigenvalue weighted by molar-refractivity contribution is 6.30. The number of pyridine rings is 1. The molecule has 138 valence electrons. The SMILES string of the molecule is O=C1N[C@H](c2cc(C#Cc3cccc(Cl)c3)ccn2)[C@@H](c2ccc(F)cc2)O1. The number of carbonyl (C=O) groups is 1. The zero-order chi connectivity index (χ0) is 19.5. The number of ether oxygens (including phenoxy) is 1. The molecule has 1 aliphatic heterocycles. The summed E-state index contributed by atoms with van der Waals surface area (Å²) in [5.41, 5.74) is 2.83. The van der Waals surface area contributed by atoms with Crippen LogP contribution >= 0.6 is 11.6 Å². The van der Waals surface area contributed by atoms with Gasteiger partial charge in [0.2, 0.25) is 0 Å². The molecule has 3 aromatic rings. The van der Waals surface area contributed by atoms with Crippen LogP contribution in [0.2, 0.25) is 5.02 Å². The van der Waals surface area contributed by atoms with E-state index in [-0.39, 0.29) is 5.82 Å². The summed E-state index contributed by atoms with van der Waals surface area (Å²) in [5.74, 6) is 5.78. The van der Waals surface area contributed by atoms with Crippen molar-refractivity contribution in [1.82, 2.24) is 10.3 Å². The lowest BCUT2D eigenvalue weighted by Crippen LogP contribution is -2.20. The zero-order valence-corrected chi connectivity index (χ0v) is 15.3. The Balaban J connectivity index is 1.63. The van der Waals surface area contributed by atoms with Gasteiger partial charge in [-0.05, 0) is 48.0 Å². The first-order valence-corrected chi connectivity index (χ1v) is 8.92. The first kappa shape index (κ1) is 18.0. The summed E-state index contributed by atoms with van der Waals surface area (Å²) < 4.78 is 18.6. The van der Waals surface area contributed by atoms with Gasteiger partial charge in [-0.15, -0.1) is 0 Å². The van der Waals surface area contributed by atoms with Gasteiger partial charge >= 0.3 is 6.09 Å². The number of nitrogens with one attached hydrogen (secondary N) is 1. The molecule has 0 radical (unpaired) electrons. The van der Waals surface area contributed by atoms with E-state index in [0.29, 0.717) is 16.3 Å². The van der Waals surface area contributed by atoms with E-state index in [1.807, 2.05) is 12.1 Å². The summed E-state index contributed by atoms with van der Waals surface area (Å²) in [6, 6.07) is 16.2. The van der Waals surface area contributed by atoms with Gasteiger partial charge in [0.05, 0.1) is 5.69 Å². The fraction of sp³-hybridized carbons (Fsp3) is 0.0909. The van der Waals surface area contributed by atoms with Crippen LogP contribution in [0.3, 0.4) is 0 Å². The first-order chi connectivity index (χ1) is 13.6. The highest BCUT2D eigenvalue weighted by Gasteiger charge is 2.37. The standard InChI is InChI=1S/C22H14ClFN2O2/c23-17-3-1-2-14(12-17)4-5-15-10-11-25-19(13-15)20-21(28-22(27)26-20)16-6-8-18(24)9-7-16/h1-3,6-13,20-21H,(H,26,27)/t20-,21-/m1/s1. The molecule has 0 spiro atoms. The molecule has 1 fully saturated rings. The number of hydrogen-bond donors (Lipinski definition) is 1. The molecule has 1 amide bonds. The number of benzene rings is 2. The molecule has 4 rings (SSSR count). The summed E-state index contributed by atoms with van der Waals surface area (Å²) >= 11 is 5.98. The monoisotopic (exact) mass is 392 g/mol. The van der Waals surface area contributed by atoms with Crippen molar-refractivity contribution in [2.24, 2.45) is 0 Å². The number of hydrogen-bond acceptors (Lipinski definition) is 3. The van der Waals surface area contributed by atoms with Gasteiger partial charge in [-0.3, -0.25) is 4.98 Å². The normalized spacial score (nSPS) is 18.0. The predicted molar refractivity (Wildman–Crippen MR) is 103 cm³/mol. The molecule has 2 aromatic carbocycles. The van der Waals surface area contributed by atoms with Gasteiger partial charge in [0.1, 0.15) is 11.9 Å². The fourth-order valence-corrected chi connectivity index (χ4v) is 3.16. The van der Waals surface area contributed by atoms with Gasteiger partial charge in [-0.1, -0.05) is 41.6 Å². The number of carbonyl (C=O) groups excluding carboxylic acids is 1. The lowest BCUT2D eigenvalue weighted by Gasteiger charge is -2.17. The Morgan fingerprint density at radius 1 is 1.04 bits per heavy atom. The number of nitrogens with zero attached hydrogens (tertiary/aromatic N) is 1. The topological polar surface area (TPSA) is 51.2 Å². The van der Waals surface area contributed by atoms with E-state index in [1.54, 1.807) is 42.6 Å². The maximum atomic E-state index is 13.2. The van der Waals surface area contributed by atoms with Gasteiger partial charge in [0.25, 0.3) is 0 Å². The third-order valence-corrected chi connectivity index (χ3v) is 4.52. The number of rotatable bonds is 2. The van der Waals surface area contributed by atoms with E-state index < -0.39 is 18.2 Å². The highest BCUT2D eigenvalue weighted by atomic mass is 35.5. The highest BCUT2D eigenvalue weighted by Crippen LogP contribution is 2.36. The number of halogens is 2. The molecule has 0 bridgehead atoms. The van der Waals surface area contributed by atoms with E-state index in [1.165, 1.54) is 12.1 Å². The molecule has 1 saturated heterocycles. The first-order valence-electron chi connectivity index (χ1n) is 8.55. The lowest BCUT2D eigenvalue weighted by molar-refractivity contribution is 0.132. The quantitative estimate of drug-likeness (QED) is 0.637. The Labute approximate surface area is 166 Å². The molecule has 1 aromatic heterocycles. The number of amides is 1. The minimum absolute atomic E-state index is 0.353. The molecule has 2 atom stereocenters. The van der Waals surface area contributed by atoms with Crippen molar-refractivity contribution in [3.05, 3.63) is 100 Å². The van der Waals surface area contributed by atoms with Crippen molar-refractivity contribution in [3.63, 3.8) is 0 Å². The number of aromatic nitrogens is 1. The van der Waals surface area contributed by atoms with Crippen LogP contribution in [-0.2, 0) is 4.74 Å². The van der Waals surface area contributed by atoms with E-state index >= 15 is 0 Å². The second-order valence-corrected chi connectivity index (χ2v) is 6.67. The summed E-state index contributed by atoms with van der Waals surface area (Å²) in [6.07, 6.45) is 0.483.